The lowest BCUT2D eigenvalue weighted by atomic mass is 10.1. The lowest BCUT2D eigenvalue weighted by Gasteiger charge is -2.08. The molecule has 0 heterocycles. The number of hydrogen-bond acceptors (Lipinski definition) is 5. The quantitative estimate of drug-likeness (QED) is 0.557. The highest BCUT2D eigenvalue weighted by atomic mass is 16.6. The van der Waals surface area contributed by atoms with Crippen molar-refractivity contribution in [2.24, 2.45) is 0 Å². The van der Waals surface area contributed by atoms with Gasteiger partial charge in [-0.3, -0.25) is 14.9 Å². The van der Waals surface area contributed by atoms with E-state index in [-0.39, 0.29) is 33.6 Å². The van der Waals surface area contributed by atoms with Gasteiger partial charge in [0.2, 0.25) is 0 Å². The number of amides is 1. The summed E-state index contributed by atoms with van der Waals surface area (Å²) < 4.78 is 0. The molecule has 0 aliphatic carbocycles. The maximum Gasteiger partial charge on any atom is 0.335 e. The molecule has 0 aromatic heterocycles. The molecule has 128 valence electrons. The number of nitrogens with one attached hydrogen (secondary N) is 1. The molecule has 2 aromatic carbocycles. The van der Waals surface area contributed by atoms with E-state index in [1.54, 1.807) is 0 Å². The van der Waals surface area contributed by atoms with Crippen LogP contribution in [0, 0.1) is 17.0 Å². The molecule has 0 unspecified atom stereocenters. The number of carbonyl (C=O) groups excluding carboxylic acids is 1. The minimum Gasteiger partial charge on any atom is -0.478 e. The molecule has 9 heteroatoms. The fraction of sp³-hybridized carbons (Fsp3) is 0.0625. The molecule has 0 fully saturated rings. The number of carbonyl (C=O) groups is 3. The van der Waals surface area contributed by atoms with Gasteiger partial charge in [-0.15, -0.1) is 0 Å². The van der Waals surface area contributed by atoms with Crippen molar-refractivity contribution >= 4 is 29.2 Å². The van der Waals surface area contributed by atoms with Crippen molar-refractivity contribution in [1.29, 1.82) is 0 Å². The van der Waals surface area contributed by atoms with Gasteiger partial charge in [0.15, 0.2) is 0 Å². The Kier molecular flexibility index (Phi) is 4.78. The molecule has 25 heavy (non-hydrogen) atoms. The third-order valence-electron chi connectivity index (χ3n) is 3.34. The van der Waals surface area contributed by atoms with Crippen molar-refractivity contribution in [3.05, 3.63) is 68.8 Å². The van der Waals surface area contributed by atoms with E-state index in [9.17, 15) is 24.5 Å². The highest BCUT2D eigenvalue weighted by molar-refractivity contribution is 6.06. The van der Waals surface area contributed by atoms with Crippen LogP contribution in [0.2, 0.25) is 0 Å². The summed E-state index contributed by atoms with van der Waals surface area (Å²) in [4.78, 5) is 44.6. The van der Waals surface area contributed by atoms with Gasteiger partial charge in [-0.25, -0.2) is 9.59 Å². The van der Waals surface area contributed by atoms with E-state index in [0.29, 0.717) is 0 Å². The van der Waals surface area contributed by atoms with Crippen LogP contribution < -0.4 is 5.32 Å². The Bertz CT molecular complexity index is 873. The molecule has 0 spiro atoms. The largest absolute Gasteiger partial charge is 0.478 e. The van der Waals surface area contributed by atoms with Crippen LogP contribution >= 0.6 is 0 Å². The Balaban J connectivity index is 2.34. The molecular formula is C16H12N2O7. The summed E-state index contributed by atoms with van der Waals surface area (Å²) in [5, 5.41) is 31.2. The van der Waals surface area contributed by atoms with E-state index >= 15 is 0 Å². The van der Waals surface area contributed by atoms with Crippen LogP contribution in [-0.2, 0) is 0 Å². The van der Waals surface area contributed by atoms with Crippen LogP contribution in [-0.4, -0.2) is 33.0 Å². The van der Waals surface area contributed by atoms with Crippen molar-refractivity contribution in [1.82, 2.24) is 0 Å². The molecule has 2 aromatic rings. The Labute approximate surface area is 140 Å². The summed E-state index contributed by atoms with van der Waals surface area (Å²) in [5.41, 5.74) is -0.357. The Morgan fingerprint density at radius 1 is 0.960 bits per heavy atom. The van der Waals surface area contributed by atoms with Gasteiger partial charge in [0.25, 0.3) is 11.6 Å². The first-order valence-electron chi connectivity index (χ1n) is 6.87. The predicted molar refractivity (Wildman–Crippen MR) is 86.1 cm³/mol. The fourth-order valence-electron chi connectivity index (χ4n) is 2.15. The highest BCUT2D eigenvalue weighted by Crippen LogP contribution is 2.21. The standard InChI is InChI=1S/C16H12N2O7/c1-8-4-9(2-3-13(8)18(24)25)14(19)17-12-6-10(15(20)21)5-11(7-12)16(22)23/h2-7H,1H3,(H,17,19)(H,20,21)(H,22,23). The van der Waals surface area contributed by atoms with E-state index in [1.807, 2.05) is 0 Å². The van der Waals surface area contributed by atoms with Crippen LogP contribution in [0.5, 0.6) is 0 Å². The fourth-order valence-corrected chi connectivity index (χ4v) is 2.15. The second-order valence-electron chi connectivity index (χ2n) is 5.12. The predicted octanol–water partition coefficient (Wildman–Crippen LogP) is 2.55. The monoisotopic (exact) mass is 344 g/mol. The SMILES string of the molecule is Cc1cc(C(=O)Nc2cc(C(=O)O)cc(C(=O)O)c2)ccc1[N+](=O)[O-]. The third-order valence-corrected chi connectivity index (χ3v) is 3.34. The second kappa shape index (κ2) is 6.79. The van der Waals surface area contributed by atoms with E-state index in [0.717, 1.165) is 18.2 Å². The van der Waals surface area contributed by atoms with Gasteiger partial charge in [0, 0.05) is 22.9 Å². The molecule has 2 rings (SSSR count). The number of carboxylic acid groups (broad SMARTS) is 2. The van der Waals surface area contributed by atoms with Crippen molar-refractivity contribution in [2.75, 3.05) is 5.32 Å². The van der Waals surface area contributed by atoms with Gasteiger partial charge in [-0.05, 0) is 37.3 Å². The smallest absolute Gasteiger partial charge is 0.335 e. The summed E-state index contributed by atoms with van der Waals surface area (Å²) >= 11 is 0. The molecule has 0 saturated heterocycles. The summed E-state index contributed by atoms with van der Waals surface area (Å²) in [6.07, 6.45) is 0. The van der Waals surface area contributed by atoms with Gasteiger partial charge in [0.1, 0.15) is 0 Å². The second-order valence-corrected chi connectivity index (χ2v) is 5.12. The van der Waals surface area contributed by atoms with Gasteiger partial charge < -0.3 is 15.5 Å². The zero-order valence-electron chi connectivity index (χ0n) is 12.8. The van der Waals surface area contributed by atoms with Crippen molar-refractivity contribution in [3.8, 4) is 0 Å². The minimum absolute atomic E-state index is 0.0155. The van der Waals surface area contributed by atoms with Crippen LogP contribution in [0.3, 0.4) is 0 Å². The average molecular weight is 344 g/mol. The van der Waals surface area contributed by atoms with Crippen LogP contribution in [0.15, 0.2) is 36.4 Å². The Morgan fingerprint density at radius 3 is 1.96 bits per heavy atom. The molecule has 0 saturated carbocycles. The lowest BCUT2D eigenvalue weighted by molar-refractivity contribution is -0.385. The molecular weight excluding hydrogens is 332 g/mol. The Hall–Kier alpha value is -3.75. The number of aromatic carboxylic acids is 2. The zero-order chi connectivity index (χ0) is 18.7. The number of benzene rings is 2. The number of carboxylic acids is 2. The van der Waals surface area contributed by atoms with E-state index in [1.165, 1.54) is 25.1 Å². The van der Waals surface area contributed by atoms with Crippen LogP contribution in [0.4, 0.5) is 11.4 Å². The Morgan fingerprint density at radius 2 is 1.52 bits per heavy atom. The number of nitro groups is 1. The molecule has 3 N–H and O–H groups in total. The van der Waals surface area contributed by atoms with Crippen LogP contribution in [0.1, 0.15) is 36.6 Å². The summed E-state index contributed by atoms with van der Waals surface area (Å²) in [6, 6.07) is 6.94. The first-order valence-corrected chi connectivity index (χ1v) is 6.87. The van der Waals surface area contributed by atoms with Crippen molar-refractivity contribution < 1.29 is 29.5 Å². The molecule has 1 amide bonds. The number of nitrogens with zero attached hydrogens (tertiary/aromatic N) is 1. The van der Waals surface area contributed by atoms with Crippen molar-refractivity contribution in [2.45, 2.75) is 6.92 Å². The molecule has 0 aliphatic heterocycles. The normalized spacial score (nSPS) is 10.1. The van der Waals surface area contributed by atoms with Gasteiger partial charge in [-0.2, -0.15) is 0 Å². The first-order chi connectivity index (χ1) is 11.7. The molecule has 0 radical (unpaired) electrons. The lowest BCUT2D eigenvalue weighted by Crippen LogP contribution is -2.14. The van der Waals surface area contributed by atoms with E-state index in [2.05, 4.69) is 5.32 Å². The van der Waals surface area contributed by atoms with Gasteiger partial charge in [-0.1, -0.05) is 0 Å². The topological polar surface area (TPSA) is 147 Å². The summed E-state index contributed by atoms with van der Waals surface area (Å²) in [7, 11) is 0. The maximum atomic E-state index is 12.2. The highest BCUT2D eigenvalue weighted by Gasteiger charge is 2.16. The third kappa shape index (κ3) is 3.96. The van der Waals surface area contributed by atoms with Crippen LogP contribution in [0.25, 0.3) is 0 Å². The number of nitro benzene ring substituents is 1. The summed E-state index contributed by atoms with van der Waals surface area (Å²) in [5.74, 6) is -3.34. The summed E-state index contributed by atoms with van der Waals surface area (Å²) in [6.45, 7) is 1.47. The molecule has 0 bridgehead atoms. The zero-order valence-corrected chi connectivity index (χ0v) is 12.8. The van der Waals surface area contributed by atoms with E-state index in [4.69, 9.17) is 10.2 Å². The molecule has 9 nitrogen and oxygen atoms in total. The molecule has 0 aliphatic rings. The molecule has 0 atom stereocenters. The van der Waals surface area contributed by atoms with Crippen molar-refractivity contribution in [3.63, 3.8) is 0 Å². The number of anilines is 1. The number of rotatable bonds is 5. The minimum atomic E-state index is -1.34. The maximum absolute atomic E-state index is 12.2. The van der Waals surface area contributed by atoms with E-state index < -0.39 is 22.8 Å². The number of hydrogen-bond donors (Lipinski definition) is 3. The average Bonchev–Trinajstić information content (AvgIpc) is 2.53. The van der Waals surface area contributed by atoms with Gasteiger partial charge in [0.05, 0.1) is 16.1 Å². The number of aryl methyl sites for hydroxylation is 1. The first kappa shape index (κ1) is 17.6. The van der Waals surface area contributed by atoms with Gasteiger partial charge >= 0.3 is 11.9 Å².